The normalized spacial score (nSPS) is 7.57. The molecule has 0 heterocycles. The molecule has 0 amide bonds. The lowest BCUT2D eigenvalue weighted by atomic mass is 10.4. The monoisotopic (exact) mass is 99.1 g/mol. The summed E-state index contributed by atoms with van der Waals surface area (Å²) < 4.78 is 0. The summed E-state index contributed by atoms with van der Waals surface area (Å²) >= 11 is 0. The Morgan fingerprint density at radius 2 is 2.57 bits per heavy atom. The first-order valence-electron chi connectivity index (χ1n) is 2.11. The Morgan fingerprint density at radius 3 is 2.71 bits per heavy atom. The molecule has 0 spiro atoms. The van der Waals surface area contributed by atoms with Crippen molar-refractivity contribution in [3.05, 3.63) is 12.8 Å². The summed E-state index contributed by atoms with van der Waals surface area (Å²) in [4.78, 5) is 10.1. The molecule has 0 saturated heterocycles. The summed E-state index contributed by atoms with van der Waals surface area (Å²) in [5, 5.41) is 2.66. The first kappa shape index (κ1) is 6.21. The van der Waals surface area contributed by atoms with Crippen molar-refractivity contribution in [2.75, 3.05) is 6.54 Å². The topological polar surface area (TPSA) is 29.1 Å². The number of rotatable bonds is 3. The molecule has 0 aliphatic heterocycles. The number of ketones is 1. The zero-order chi connectivity index (χ0) is 5.70. The first-order chi connectivity index (χ1) is 3.27. The van der Waals surface area contributed by atoms with Gasteiger partial charge in [0.15, 0.2) is 0 Å². The minimum absolute atomic E-state index is 0.125. The van der Waals surface area contributed by atoms with Gasteiger partial charge in [-0.15, -0.1) is 0 Å². The van der Waals surface area contributed by atoms with Gasteiger partial charge in [-0.3, -0.25) is 4.79 Å². The van der Waals surface area contributed by atoms with E-state index in [9.17, 15) is 4.79 Å². The van der Waals surface area contributed by atoms with Crippen molar-refractivity contribution in [2.24, 2.45) is 0 Å². The highest BCUT2D eigenvalue weighted by molar-refractivity contribution is 5.77. The van der Waals surface area contributed by atoms with E-state index in [1.54, 1.807) is 0 Å². The van der Waals surface area contributed by atoms with Gasteiger partial charge < -0.3 is 5.32 Å². The van der Waals surface area contributed by atoms with E-state index in [4.69, 9.17) is 0 Å². The molecule has 0 aromatic heterocycles. The van der Waals surface area contributed by atoms with E-state index in [0.717, 1.165) is 0 Å². The van der Waals surface area contributed by atoms with Crippen molar-refractivity contribution < 1.29 is 4.79 Å². The first-order valence-corrected chi connectivity index (χ1v) is 2.11. The minimum Gasteiger partial charge on any atom is -0.384 e. The van der Waals surface area contributed by atoms with Crippen LogP contribution < -0.4 is 5.32 Å². The van der Waals surface area contributed by atoms with E-state index < -0.39 is 0 Å². The highest BCUT2D eigenvalue weighted by Crippen LogP contribution is 1.61. The molecule has 0 unspecified atom stereocenters. The summed E-state index contributed by atoms with van der Waals surface area (Å²) in [6.45, 7) is 5.29. The van der Waals surface area contributed by atoms with Crippen LogP contribution in [0.1, 0.15) is 6.92 Å². The molecule has 0 aliphatic carbocycles. The molecular formula is C5H9NO. The fourth-order valence-electron chi connectivity index (χ4n) is 0.216. The quantitative estimate of drug-likeness (QED) is 0.551. The summed E-state index contributed by atoms with van der Waals surface area (Å²) in [7, 11) is 0. The van der Waals surface area contributed by atoms with Gasteiger partial charge in [-0.2, -0.15) is 0 Å². The number of hydrogen-bond acceptors (Lipinski definition) is 2. The maximum absolute atomic E-state index is 10.1. The molecule has 2 heteroatoms. The molecular weight excluding hydrogens is 90.1 g/mol. The largest absolute Gasteiger partial charge is 0.384 e. The molecule has 0 fully saturated rings. The van der Waals surface area contributed by atoms with Crippen LogP contribution in [0.15, 0.2) is 12.8 Å². The van der Waals surface area contributed by atoms with Crippen molar-refractivity contribution >= 4 is 5.78 Å². The Balaban J connectivity index is 2.97. The highest BCUT2D eigenvalue weighted by atomic mass is 16.1. The fraction of sp³-hybridized carbons (Fsp3) is 0.400. The molecule has 2 nitrogen and oxygen atoms in total. The van der Waals surface area contributed by atoms with Crippen molar-refractivity contribution in [3.63, 3.8) is 0 Å². The van der Waals surface area contributed by atoms with Gasteiger partial charge >= 0.3 is 0 Å². The van der Waals surface area contributed by atoms with E-state index in [1.807, 2.05) is 0 Å². The summed E-state index contributed by atoms with van der Waals surface area (Å²) in [6, 6.07) is 0. The van der Waals surface area contributed by atoms with E-state index in [-0.39, 0.29) is 5.78 Å². The molecule has 0 aliphatic rings. The number of Topliss-reactive ketones (excluding diaryl/α,β-unsaturated/α-hetero) is 1. The molecule has 0 bridgehead atoms. The third kappa shape index (κ3) is 5.21. The second-order valence-electron chi connectivity index (χ2n) is 1.29. The average Bonchev–Trinajstić information content (AvgIpc) is 1.61. The Kier molecular flexibility index (Phi) is 3.02. The van der Waals surface area contributed by atoms with Crippen LogP contribution in [0.3, 0.4) is 0 Å². The lowest BCUT2D eigenvalue weighted by Crippen LogP contribution is -2.13. The van der Waals surface area contributed by atoms with Gasteiger partial charge in [-0.25, -0.2) is 0 Å². The third-order valence-electron chi connectivity index (χ3n) is 0.495. The van der Waals surface area contributed by atoms with Crippen LogP contribution in [-0.4, -0.2) is 12.3 Å². The van der Waals surface area contributed by atoms with Crippen molar-refractivity contribution in [3.8, 4) is 0 Å². The van der Waals surface area contributed by atoms with Crippen LogP contribution in [0.5, 0.6) is 0 Å². The molecule has 0 aromatic rings. The maximum atomic E-state index is 10.1. The number of carbonyl (C=O) groups excluding carboxylic acids is 1. The lowest BCUT2D eigenvalue weighted by Gasteiger charge is -1.89. The predicted molar refractivity (Wildman–Crippen MR) is 28.9 cm³/mol. The SMILES string of the molecule is C=CNCC(C)=O. The number of carbonyl (C=O) groups is 1. The number of nitrogens with one attached hydrogen (secondary N) is 1. The Hall–Kier alpha value is -0.790. The zero-order valence-corrected chi connectivity index (χ0v) is 4.40. The molecule has 0 radical (unpaired) electrons. The van der Waals surface area contributed by atoms with E-state index in [0.29, 0.717) is 6.54 Å². The highest BCUT2D eigenvalue weighted by Gasteiger charge is 1.83. The van der Waals surface area contributed by atoms with E-state index >= 15 is 0 Å². The third-order valence-corrected chi connectivity index (χ3v) is 0.495. The van der Waals surface area contributed by atoms with Gasteiger partial charge in [-0.05, 0) is 13.1 Å². The van der Waals surface area contributed by atoms with Crippen LogP contribution in [0.4, 0.5) is 0 Å². The van der Waals surface area contributed by atoms with Gasteiger partial charge in [0, 0.05) is 0 Å². The van der Waals surface area contributed by atoms with Gasteiger partial charge in [0.25, 0.3) is 0 Å². The smallest absolute Gasteiger partial charge is 0.148 e. The molecule has 40 valence electrons. The maximum Gasteiger partial charge on any atom is 0.148 e. The van der Waals surface area contributed by atoms with E-state index in [1.165, 1.54) is 13.1 Å². The van der Waals surface area contributed by atoms with Crippen LogP contribution in [0, 0.1) is 0 Å². The van der Waals surface area contributed by atoms with Crippen LogP contribution in [-0.2, 0) is 4.79 Å². The van der Waals surface area contributed by atoms with Crippen LogP contribution >= 0.6 is 0 Å². The molecule has 7 heavy (non-hydrogen) atoms. The van der Waals surface area contributed by atoms with E-state index in [2.05, 4.69) is 11.9 Å². The van der Waals surface area contributed by atoms with Crippen LogP contribution in [0.2, 0.25) is 0 Å². The van der Waals surface area contributed by atoms with Gasteiger partial charge in [0.05, 0.1) is 6.54 Å². The molecule has 0 saturated carbocycles. The molecule has 0 aromatic carbocycles. The van der Waals surface area contributed by atoms with Gasteiger partial charge in [-0.1, -0.05) is 6.58 Å². The minimum atomic E-state index is 0.125. The second-order valence-corrected chi connectivity index (χ2v) is 1.29. The zero-order valence-electron chi connectivity index (χ0n) is 4.40. The van der Waals surface area contributed by atoms with Crippen molar-refractivity contribution in [1.82, 2.24) is 5.32 Å². The second kappa shape index (κ2) is 3.40. The summed E-state index contributed by atoms with van der Waals surface area (Å²) in [5.41, 5.74) is 0. The average molecular weight is 99.1 g/mol. The van der Waals surface area contributed by atoms with Crippen LogP contribution in [0.25, 0.3) is 0 Å². The van der Waals surface area contributed by atoms with Gasteiger partial charge in [0.1, 0.15) is 5.78 Å². The number of hydrogen-bond donors (Lipinski definition) is 1. The molecule has 1 N–H and O–H groups in total. The predicted octanol–water partition coefficient (Wildman–Crippen LogP) is 0.309. The Bertz CT molecular complexity index is 78.1. The summed E-state index contributed by atoms with van der Waals surface area (Å²) in [6.07, 6.45) is 1.50. The Morgan fingerprint density at radius 1 is 2.00 bits per heavy atom. The lowest BCUT2D eigenvalue weighted by molar-refractivity contribution is -0.116. The van der Waals surface area contributed by atoms with Crippen molar-refractivity contribution in [2.45, 2.75) is 6.92 Å². The summed E-state index contributed by atoms with van der Waals surface area (Å²) in [5.74, 6) is 0.125. The fourth-order valence-corrected chi connectivity index (χ4v) is 0.216. The standard InChI is InChI=1S/C5H9NO/c1-3-6-4-5(2)7/h3,6H,1,4H2,2H3. The van der Waals surface area contributed by atoms with Crippen molar-refractivity contribution in [1.29, 1.82) is 0 Å². The molecule has 0 rings (SSSR count). The van der Waals surface area contributed by atoms with Gasteiger partial charge in [0.2, 0.25) is 0 Å². The Labute approximate surface area is 43.2 Å². The molecule has 0 atom stereocenters.